The zero-order valence-corrected chi connectivity index (χ0v) is 14.1. The standard InChI is InChI=1S/C17H36N2/c1-7-15(8-2)19(6)13-14-11-10-12-17(4,5)16(14)18-9-3/h14-16,18H,7-13H2,1-6H3. The van der Waals surface area contributed by atoms with Crippen LogP contribution in [0.25, 0.3) is 0 Å². The average molecular weight is 268 g/mol. The minimum absolute atomic E-state index is 0.452. The molecule has 0 aromatic carbocycles. The normalized spacial score (nSPS) is 27.2. The molecule has 114 valence electrons. The van der Waals surface area contributed by atoms with E-state index < -0.39 is 0 Å². The van der Waals surface area contributed by atoms with Crippen LogP contribution in [0.5, 0.6) is 0 Å². The lowest BCUT2D eigenvalue weighted by Crippen LogP contribution is -2.53. The Bertz CT molecular complexity index is 246. The molecular formula is C17H36N2. The summed E-state index contributed by atoms with van der Waals surface area (Å²) in [5.41, 5.74) is 0.452. The van der Waals surface area contributed by atoms with Crippen LogP contribution in [0.4, 0.5) is 0 Å². The van der Waals surface area contributed by atoms with Gasteiger partial charge in [-0.3, -0.25) is 0 Å². The molecule has 2 nitrogen and oxygen atoms in total. The molecule has 0 saturated heterocycles. The van der Waals surface area contributed by atoms with E-state index in [0.29, 0.717) is 11.5 Å². The van der Waals surface area contributed by atoms with Crippen molar-refractivity contribution in [2.24, 2.45) is 11.3 Å². The molecule has 0 spiro atoms. The van der Waals surface area contributed by atoms with E-state index in [0.717, 1.165) is 18.5 Å². The first-order valence-corrected chi connectivity index (χ1v) is 8.39. The van der Waals surface area contributed by atoms with Crippen LogP contribution in [-0.4, -0.2) is 37.1 Å². The SMILES string of the molecule is CCNC1C(CN(C)C(CC)CC)CCCC1(C)C. The summed E-state index contributed by atoms with van der Waals surface area (Å²) in [4.78, 5) is 2.61. The molecule has 1 aliphatic carbocycles. The highest BCUT2D eigenvalue weighted by atomic mass is 15.1. The number of nitrogens with one attached hydrogen (secondary N) is 1. The Morgan fingerprint density at radius 1 is 1.21 bits per heavy atom. The van der Waals surface area contributed by atoms with Gasteiger partial charge in [0.1, 0.15) is 0 Å². The van der Waals surface area contributed by atoms with Crippen molar-refractivity contribution in [3.63, 3.8) is 0 Å². The van der Waals surface area contributed by atoms with Gasteiger partial charge in [-0.05, 0) is 50.6 Å². The first-order valence-electron chi connectivity index (χ1n) is 8.39. The van der Waals surface area contributed by atoms with Gasteiger partial charge < -0.3 is 10.2 Å². The van der Waals surface area contributed by atoms with Gasteiger partial charge in [0.05, 0.1) is 0 Å². The molecular weight excluding hydrogens is 232 g/mol. The fraction of sp³-hybridized carbons (Fsp3) is 1.00. The Morgan fingerprint density at radius 3 is 2.37 bits per heavy atom. The zero-order valence-electron chi connectivity index (χ0n) is 14.1. The molecule has 0 heterocycles. The Morgan fingerprint density at radius 2 is 1.84 bits per heavy atom. The van der Waals surface area contributed by atoms with Crippen LogP contribution in [0.1, 0.15) is 66.7 Å². The van der Waals surface area contributed by atoms with Gasteiger partial charge in [0.15, 0.2) is 0 Å². The van der Waals surface area contributed by atoms with Crippen molar-refractivity contribution >= 4 is 0 Å². The molecule has 0 aromatic rings. The summed E-state index contributed by atoms with van der Waals surface area (Å²) in [7, 11) is 2.32. The third-order valence-corrected chi connectivity index (χ3v) is 5.22. The van der Waals surface area contributed by atoms with Crippen LogP contribution >= 0.6 is 0 Å². The van der Waals surface area contributed by atoms with Crippen molar-refractivity contribution in [2.75, 3.05) is 20.1 Å². The number of hydrogen-bond acceptors (Lipinski definition) is 2. The lowest BCUT2D eigenvalue weighted by Gasteiger charge is -2.46. The van der Waals surface area contributed by atoms with E-state index in [1.165, 1.54) is 38.6 Å². The van der Waals surface area contributed by atoms with Crippen molar-refractivity contribution in [1.29, 1.82) is 0 Å². The lowest BCUT2D eigenvalue weighted by molar-refractivity contribution is 0.0737. The first kappa shape index (κ1) is 17.0. The number of rotatable bonds is 7. The van der Waals surface area contributed by atoms with E-state index in [-0.39, 0.29) is 0 Å². The van der Waals surface area contributed by atoms with Gasteiger partial charge in [0.25, 0.3) is 0 Å². The minimum atomic E-state index is 0.452. The highest BCUT2D eigenvalue weighted by Gasteiger charge is 2.38. The number of nitrogens with zero attached hydrogens (tertiary/aromatic N) is 1. The van der Waals surface area contributed by atoms with Gasteiger partial charge in [-0.25, -0.2) is 0 Å². The molecule has 1 saturated carbocycles. The summed E-state index contributed by atoms with van der Waals surface area (Å²) in [6, 6.07) is 1.44. The number of hydrogen-bond donors (Lipinski definition) is 1. The van der Waals surface area contributed by atoms with E-state index in [2.05, 4.69) is 51.9 Å². The van der Waals surface area contributed by atoms with Crippen LogP contribution in [0, 0.1) is 11.3 Å². The molecule has 1 N–H and O–H groups in total. The molecule has 2 atom stereocenters. The molecule has 0 radical (unpaired) electrons. The van der Waals surface area contributed by atoms with E-state index in [1.807, 2.05) is 0 Å². The Kier molecular flexibility index (Phi) is 6.82. The van der Waals surface area contributed by atoms with Crippen LogP contribution in [0.2, 0.25) is 0 Å². The Labute approximate surface area is 121 Å². The van der Waals surface area contributed by atoms with Crippen molar-refractivity contribution < 1.29 is 0 Å². The molecule has 2 heteroatoms. The van der Waals surface area contributed by atoms with E-state index in [4.69, 9.17) is 0 Å². The van der Waals surface area contributed by atoms with Crippen LogP contribution in [-0.2, 0) is 0 Å². The second-order valence-corrected chi connectivity index (χ2v) is 7.09. The summed E-state index contributed by atoms with van der Waals surface area (Å²) in [6.07, 6.45) is 6.71. The highest BCUT2D eigenvalue weighted by molar-refractivity contribution is 4.94. The van der Waals surface area contributed by atoms with Crippen molar-refractivity contribution in [1.82, 2.24) is 10.2 Å². The van der Waals surface area contributed by atoms with Crippen molar-refractivity contribution in [3.05, 3.63) is 0 Å². The van der Waals surface area contributed by atoms with Crippen LogP contribution < -0.4 is 5.32 Å². The molecule has 0 bridgehead atoms. The monoisotopic (exact) mass is 268 g/mol. The predicted octanol–water partition coefficient (Wildman–Crippen LogP) is 3.91. The van der Waals surface area contributed by atoms with E-state index >= 15 is 0 Å². The third kappa shape index (κ3) is 4.46. The van der Waals surface area contributed by atoms with Gasteiger partial charge in [0, 0.05) is 18.6 Å². The Hall–Kier alpha value is -0.0800. The molecule has 1 aliphatic rings. The van der Waals surface area contributed by atoms with E-state index in [1.54, 1.807) is 0 Å². The smallest absolute Gasteiger partial charge is 0.0159 e. The molecule has 1 fully saturated rings. The quantitative estimate of drug-likeness (QED) is 0.753. The molecule has 0 aromatic heterocycles. The second-order valence-electron chi connectivity index (χ2n) is 7.09. The van der Waals surface area contributed by atoms with Crippen LogP contribution in [0.3, 0.4) is 0 Å². The summed E-state index contributed by atoms with van der Waals surface area (Å²) in [5, 5.41) is 3.78. The third-order valence-electron chi connectivity index (χ3n) is 5.22. The highest BCUT2D eigenvalue weighted by Crippen LogP contribution is 2.39. The van der Waals surface area contributed by atoms with Crippen molar-refractivity contribution in [2.45, 2.75) is 78.8 Å². The maximum Gasteiger partial charge on any atom is 0.0159 e. The molecule has 1 rings (SSSR count). The molecule has 2 unspecified atom stereocenters. The summed E-state index contributed by atoms with van der Waals surface area (Å²) in [5.74, 6) is 0.814. The summed E-state index contributed by atoms with van der Waals surface area (Å²) >= 11 is 0. The lowest BCUT2D eigenvalue weighted by atomic mass is 9.67. The maximum absolute atomic E-state index is 3.78. The second kappa shape index (κ2) is 7.64. The fourth-order valence-electron chi connectivity index (χ4n) is 4.07. The summed E-state index contributed by atoms with van der Waals surface area (Å²) in [6.45, 7) is 14.1. The van der Waals surface area contributed by atoms with Gasteiger partial charge in [0.2, 0.25) is 0 Å². The average Bonchev–Trinajstić information content (AvgIpc) is 2.35. The molecule has 0 amide bonds. The van der Waals surface area contributed by atoms with Crippen LogP contribution in [0.15, 0.2) is 0 Å². The zero-order chi connectivity index (χ0) is 14.5. The van der Waals surface area contributed by atoms with Gasteiger partial charge >= 0.3 is 0 Å². The van der Waals surface area contributed by atoms with Gasteiger partial charge in [-0.15, -0.1) is 0 Å². The maximum atomic E-state index is 3.78. The minimum Gasteiger partial charge on any atom is -0.313 e. The summed E-state index contributed by atoms with van der Waals surface area (Å²) < 4.78 is 0. The molecule has 19 heavy (non-hydrogen) atoms. The fourth-order valence-corrected chi connectivity index (χ4v) is 4.07. The van der Waals surface area contributed by atoms with Gasteiger partial charge in [-0.2, -0.15) is 0 Å². The topological polar surface area (TPSA) is 15.3 Å². The predicted molar refractivity (Wildman–Crippen MR) is 85.6 cm³/mol. The first-order chi connectivity index (χ1) is 8.96. The van der Waals surface area contributed by atoms with Crippen molar-refractivity contribution in [3.8, 4) is 0 Å². The Balaban J connectivity index is 2.68. The largest absolute Gasteiger partial charge is 0.313 e. The van der Waals surface area contributed by atoms with Gasteiger partial charge in [-0.1, -0.05) is 41.0 Å². The van der Waals surface area contributed by atoms with E-state index in [9.17, 15) is 0 Å². The molecule has 0 aliphatic heterocycles.